The lowest BCUT2D eigenvalue weighted by Crippen LogP contribution is -2.24. The van der Waals surface area contributed by atoms with Crippen molar-refractivity contribution >= 4 is 0 Å². The van der Waals surface area contributed by atoms with E-state index in [1.54, 1.807) is 0 Å². The van der Waals surface area contributed by atoms with Crippen molar-refractivity contribution in [3.63, 3.8) is 0 Å². The molecule has 2 heteroatoms. The summed E-state index contributed by atoms with van der Waals surface area (Å²) in [7, 11) is 0. The largest absolute Gasteiger partial charge is 0.286 e. The van der Waals surface area contributed by atoms with Gasteiger partial charge in [0.15, 0.2) is 0 Å². The van der Waals surface area contributed by atoms with Crippen molar-refractivity contribution in [3.05, 3.63) is 34.9 Å². The van der Waals surface area contributed by atoms with Crippen LogP contribution in [0.25, 0.3) is 0 Å². The Kier molecular flexibility index (Phi) is 5.01. The molecule has 0 spiro atoms. The van der Waals surface area contributed by atoms with Crippen LogP contribution in [0.1, 0.15) is 30.0 Å². The van der Waals surface area contributed by atoms with Gasteiger partial charge in [0.2, 0.25) is 0 Å². The summed E-state index contributed by atoms with van der Waals surface area (Å²) in [4.78, 5) is 2.18. The first-order valence-electron chi connectivity index (χ1n) is 5.82. The summed E-state index contributed by atoms with van der Waals surface area (Å²) in [5.41, 5.74) is 3.95. The van der Waals surface area contributed by atoms with Crippen LogP contribution >= 0.6 is 0 Å². The zero-order chi connectivity index (χ0) is 12.0. The van der Waals surface area contributed by atoms with Gasteiger partial charge in [-0.05, 0) is 43.5 Å². The van der Waals surface area contributed by atoms with E-state index in [0.29, 0.717) is 6.54 Å². The van der Waals surface area contributed by atoms with Crippen LogP contribution in [0.2, 0.25) is 0 Å². The average Bonchev–Trinajstić information content (AvgIpc) is 2.24. The third-order valence-electron chi connectivity index (χ3n) is 2.81. The molecule has 0 heterocycles. The summed E-state index contributed by atoms with van der Waals surface area (Å²) in [5.74, 6) is 0. The maximum Gasteiger partial charge on any atom is 0.0868 e. The van der Waals surface area contributed by atoms with Gasteiger partial charge in [-0.1, -0.05) is 25.1 Å². The first kappa shape index (κ1) is 12.7. The van der Waals surface area contributed by atoms with Crippen molar-refractivity contribution in [2.75, 3.05) is 13.1 Å². The summed E-state index contributed by atoms with van der Waals surface area (Å²) < 4.78 is 0. The van der Waals surface area contributed by atoms with Crippen LogP contribution in [-0.2, 0) is 6.54 Å². The van der Waals surface area contributed by atoms with E-state index in [1.165, 1.54) is 16.7 Å². The number of aryl methyl sites for hydroxylation is 2. The Balaban J connectivity index is 2.69. The molecular weight excluding hydrogens is 196 g/mol. The van der Waals surface area contributed by atoms with E-state index in [0.717, 1.165) is 19.5 Å². The Hall–Kier alpha value is -1.33. The van der Waals surface area contributed by atoms with E-state index in [9.17, 15) is 0 Å². The Morgan fingerprint density at radius 3 is 2.56 bits per heavy atom. The molecule has 0 atom stereocenters. The molecule has 1 aromatic rings. The number of rotatable bonds is 5. The molecule has 0 bridgehead atoms. The quantitative estimate of drug-likeness (QED) is 0.707. The van der Waals surface area contributed by atoms with Gasteiger partial charge in [0.05, 0.1) is 12.6 Å². The molecule has 0 N–H and O–H groups in total. The minimum atomic E-state index is 0.515. The summed E-state index contributed by atoms with van der Waals surface area (Å²) >= 11 is 0. The highest BCUT2D eigenvalue weighted by Crippen LogP contribution is 2.12. The summed E-state index contributed by atoms with van der Waals surface area (Å²) in [6.45, 7) is 8.78. The fourth-order valence-electron chi connectivity index (χ4n) is 1.79. The monoisotopic (exact) mass is 216 g/mol. The van der Waals surface area contributed by atoms with Gasteiger partial charge < -0.3 is 0 Å². The molecule has 2 nitrogen and oxygen atoms in total. The minimum Gasteiger partial charge on any atom is -0.286 e. The fraction of sp³-hybridized carbons (Fsp3) is 0.500. The zero-order valence-electron chi connectivity index (χ0n) is 10.5. The van der Waals surface area contributed by atoms with E-state index >= 15 is 0 Å². The molecule has 0 aliphatic carbocycles. The molecule has 0 saturated carbocycles. The molecule has 0 saturated heterocycles. The Bertz CT molecular complexity index is 377. The number of hydrogen-bond donors (Lipinski definition) is 0. The average molecular weight is 216 g/mol. The molecular formula is C14H20N2. The molecule has 0 fully saturated rings. The molecule has 0 amide bonds. The van der Waals surface area contributed by atoms with E-state index in [1.807, 2.05) is 0 Å². The number of nitriles is 1. The topological polar surface area (TPSA) is 27.0 Å². The van der Waals surface area contributed by atoms with Crippen molar-refractivity contribution < 1.29 is 0 Å². The van der Waals surface area contributed by atoms with Crippen molar-refractivity contribution in [2.45, 2.75) is 33.7 Å². The van der Waals surface area contributed by atoms with Crippen LogP contribution in [0.5, 0.6) is 0 Å². The van der Waals surface area contributed by atoms with Crippen LogP contribution in [0, 0.1) is 25.2 Å². The number of nitrogens with zero attached hydrogens (tertiary/aromatic N) is 2. The molecule has 0 aliphatic rings. The first-order chi connectivity index (χ1) is 7.67. The summed E-state index contributed by atoms with van der Waals surface area (Å²) in [6.07, 6.45) is 1.09. The predicted octanol–water partition coefficient (Wildman–Crippen LogP) is 3.04. The van der Waals surface area contributed by atoms with E-state index < -0.39 is 0 Å². The second kappa shape index (κ2) is 6.30. The third kappa shape index (κ3) is 3.67. The molecule has 1 rings (SSSR count). The standard InChI is InChI=1S/C14H20N2/c1-4-8-16(9-7-15)11-14-6-5-12(2)13(3)10-14/h5-6,10H,4,8-9,11H2,1-3H3. The molecule has 16 heavy (non-hydrogen) atoms. The van der Waals surface area contributed by atoms with Crippen LogP contribution in [0.4, 0.5) is 0 Å². The van der Waals surface area contributed by atoms with Gasteiger partial charge in [-0.3, -0.25) is 4.90 Å². The fourth-order valence-corrected chi connectivity index (χ4v) is 1.79. The normalized spacial score (nSPS) is 10.4. The Morgan fingerprint density at radius 1 is 1.25 bits per heavy atom. The minimum absolute atomic E-state index is 0.515. The van der Waals surface area contributed by atoms with Crippen molar-refractivity contribution in [1.29, 1.82) is 5.26 Å². The Morgan fingerprint density at radius 2 is 2.00 bits per heavy atom. The maximum atomic E-state index is 8.75. The third-order valence-corrected chi connectivity index (χ3v) is 2.81. The van der Waals surface area contributed by atoms with Crippen molar-refractivity contribution in [3.8, 4) is 6.07 Å². The van der Waals surface area contributed by atoms with Gasteiger partial charge in [0.25, 0.3) is 0 Å². The first-order valence-corrected chi connectivity index (χ1v) is 5.82. The molecule has 0 radical (unpaired) electrons. The summed E-state index contributed by atoms with van der Waals surface area (Å²) in [6, 6.07) is 8.75. The lowest BCUT2D eigenvalue weighted by molar-refractivity contribution is 0.298. The highest BCUT2D eigenvalue weighted by Gasteiger charge is 2.04. The van der Waals surface area contributed by atoms with Gasteiger partial charge in [0, 0.05) is 6.54 Å². The lowest BCUT2D eigenvalue weighted by Gasteiger charge is -2.18. The highest BCUT2D eigenvalue weighted by atomic mass is 15.1. The zero-order valence-corrected chi connectivity index (χ0v) is 10.5. The molecule has 0 unspecified atom stereocenters. The van der Waals surface area contributed by atoms with E-state index in [2.05, 4.69) is 49.9 Å². The predicted molar refractivity (Wildman–Crippen MR) is 67.1 cm³/mol. The van der Waals surface area contributed by atoms with Crippen molar-refractivity contribution in [1.82, 2.24) is 4.90 Å². The van der Waals surface area contributed by atoms with E-state index in [-0.39, 0.29) is 0 Å². The maximum absolute atomic E-state index is 8.75. The molecule has 86 valence electrons. The molecule has 1 aromatic carbocycles. The van der Waals surface area contributed by atoms with Crippen LogP contribution in [-0.4, -0.2) is 18.0 Å². The van der Waals surface area contributed by atoms with Crippen molar-refractivity contribution in [2.24, 2.45) is 0 Å². The van der Waals surface area contributed by atoms with Crippen LogP contribution in [0.15, 0.2) is 18.2 Å². The van der Waals surface area contributed by atoms with Gasteiger partial charge in [-0.25, -0.2) is 0 Å². The summed E-state index contributed by atoms with van der Waals surface area (Å²) in [5, 5.41) is 8.75. The Labute approximate surface area is 98.5 Å². The van der Waals surface area contributed by atoms with E-state index in [4.69, 9.17) is 5.26 Å². The second-order valence-corrected chi connectivity index (χ2v) is 4.29. The number of benzene rings is 1. The molecule has 0 aliphatic heterocycles. The smallest absolute Gasteiger partial charge is 0.0868 e. The van der Waals surface area contributed by atoms with Crippen LogP contribution in [0.3, 0.4) is 0 Å². The molecule has 0 aromatic heterocycles. The van der Waals surface area contributed by atoms with Gasteiger partial charge in [0.1, 0.15) is 0 Å². The second-order valence-electron chi connectivity index (χ2n) is 4.29. The lowest BCUT2D eigenvalue weighted by atomic mass is 10.1. The van der Waals surface area contributed by atoms with Crippen LogP contribution < -0.4 is 0 Å². The number of hydrogen-bond acceptors (Lipinski definition) is 2. The van der Waals surface area contributed by atoms with Gasteiger partial charge in [-0.2, -0.15) is 5.26 Å². The van der Waals surface area contributed by atoms with Gasteiger partial charge in [-0.15, -0.1) is 0 Å². The SMILES string of the molecule is CCCN(CC#N)Cc1ccc(C)c(C)c1. The van der Waals surface area contributed by atoms with Gasteiger partial charge >= 0.3 is 0 Å². The highest BCUT2D eigenvalue weighted by molar-refractivity contribution is 5.29.